The van der Waals surface area contributed by atoms with E-state index in [0.717, 1.165) is 18.0 Å². The number of alkyl halides is 3. The third-order valence-electron chi connectivity index (χ3n) is 2.37. The first kappa shape index (κ1) is 12.9. The monoisotopic (exact) mass is 275 g/mol. The Balaban J connectivity index is 2.37. The topological polar surface area (TPSA) is 30.7 Å². The summed E-state index contributed by atoms with van der Waals surface area (Å²) in [5, 5.41) is 4.45. The van der Waals surface area contributed by atoms with Crippen LogP contribution in [0, 0.1) is 0 Å². The summed E-state index contributed by atoms with van der Waals surface area (Å²) >= 11 is 5.93. The summed E-state index contributed by atoms with van der Waals surface area (Å²) in [5.74, 6) is 0.257. The lowest BCUT2D eigenvalue weighted by Gasteiger charge is -2.07. The lowest BCUT2D eigenvalue weighted by atomic mass is 10.3. The first-order chi connectivity index (χ1) is 8.41. The van der Waals surface area contributed by atoms with Crippen molar-refractivity contribution in [3.05, 3.63) is 40.8 Å². The van der Waals surface area contributed by atoms with Crippen LogP contribution in [0.1, 0.15) is 18.2 Å². The quantitative estimate of drug-likeness (QED) is 0.840. The maximum Gasteiger partial charge on any atom is 0.417 e. The van der Waals surface area contributed by atoms with Crippen LogP contribution in [-0.2, 0) is 12.6 Å². The van der Waals surface area contributed by atoms with Gasteiger partial charge in [-0.15, -0.1) is 0 Å². The smallest absolute Gasteiger partial charge is 0.236 e. The Bertz CT molecular complexity index is 546. The van der Waals surface area contributed by atoms with Crippen LogP contribution in [0.25, 0.3) is 5.82 Å². The highest BCUT2D eigenvalue weighted by atomic mass is 35.5. The van der Waals surface area contributed by atoms with Crippen molar-refractivity contribution in [1.29, 1.82) is 0 Å². The van der Waals surface area contributed by atoms with E-state index in [0.29, 0.717) is 11.6 Å². The molecule has 7 heteroatoms. The van der Waals surface area contributed by atoms with Crippen molar-refractivity contribution >= 4 is 11.6 Å². The fraction of sp³-hybridized carbons (Fsp3) is 0.273. The zero-order valence-electron chi connectivity index (χ0n) is 9.37. The van der Waals surface area contributed by atoms with E-state index in [4.69, 9.17) is 11.6 Å². The number of rotatable bonds is 2. The summed E-state index contributed by atoms with van der Waals surface area (Å²) in [5.41, 5.74) is -0.0491. The number of hydrogen-bond acceptors (Lipinski definition) is 2. The van der Waals surface area contributed by atoms with Crippen molar-refractivity contribution in [2.75, 3.05) is 0 Å². The van der Waals surface area contributed by atoms with Gasteiger partial charge in [0, 0.05) is 6.20 Å². The first-order valence-electron chi connectivity index (χ1n) is 5.20. The van der Waals surface area contributed by atoms with Gasteiger partial charge in [0.25, 0.3) is 0 Å². The number of hydrogen-bond donors (Lipinski definition) is 0. The van der Waals surface area contributed by atoms with Crippen LogP contribution in [0.5, 0.6) is 0 Å². The van der Waals surface area contributed by atoms with Gasteiger partial charge in [-0.25, -0.2) is 9.67 Å². The molecule has 0 radical (unpaired) electrons. The minimum Gasteiger partial charge on any atom is -0.236 e. The fourth-order valence-electron chi connectivity index (χ4n) is 1.42. The molecule has 0 aromatic carbocycles. The van der Waals surface area contributed by atoms with E-state index in [9.17, 15) is 13.2 Å². The van der Waals surface area contributed by atoms with Gasteiger partial charge >= 0.3 is 6.18 Å². The molecule has 2 heterocycles. The Morgan fingerprint density at radius 3 is 2.50 bits per heavy atom. The van der Waals surface area contributed by atoms with Crippen LogP contribution < -0.4 is 0 Å². The Hall–Kier alpha value is -1.56. The second-order valence-electron chi connectivity index (χ2n) is 3.63. The summed E-state index contributed by atoms with van der Waals surface area (Å²) in [4.78, 5) is 3.72. The lowest BCUT2D eigenvalue weighted by molar-refractivity contribution is -0.137. The first-order valence-corrected chi connectivity index (χ1v) is 5.57. The van der Waals surface area contributed by atoms with Gasteiger partial charge < -0.3 is 0 Å². The van der Waals surface area contributed by atoms with Crippen molar-refractivity contribution in [3.63, 3.8) is 0 Å². The standard InChI is InChI=1S/C11H9ClF3N3/c1-2-8-5-9(12)18(17-8)10-4-3-7(6-16-10)11(13,14)15/h3-6H,2H2,1H3. The molecule has 0 bridgehead atoms. The van der Waals surface area contributed by atoms with Gasteiger partial charge in [0.2, 0.25) is 0 Å². The molecular weight excluding hydrogens is 267 g/mol. The lowest BCUT2D eigenvalue weighted by Crippen LogP contribution is -2.07. The Morgan fingerprint density at radius 1 is 1.33 bits per heavy atom. The van der Waals surface area contributed by atoms with E-state index >= 15 is 0 Å². The average Bonchev–Trinajstić information content (AvgIpc) is 2.70. The minimum absolute atomic E-state index is 0.257. The van der Waals surface area contributed by atoms with E-state index in [-0.39, 0.29) is 5.82 Å². The number of aryl methyl sites for hydroxylation is 1. The van der Waals surface area contributed by atoms with Crippen molar-refractivity contribution in [1.82, 2.24) is 14.8 Å². The highest BCUT2D eigenvalue weighted by Gasteiger charge is 2.30. The summed E-state index contributed by atoms with van der Waals surface area (Å²) in [6.07, 6.45) is -2.94. The molecule has 0 saturated heterocycles. The number of pyridine rings is 1. The van der Waals surface area contributed by atoms with Crippen LogP contribution in [0.15, 0.2) is 24.4 Å². The Morgan fingerprint density at radius 2 is 2.06 bits per heavy atom. The van der Waals surface area contributed by atoms with Crippen molar-refractivity contribution in [2.45, 2.75) is 19.5 Å². The van der Waals surface area contributed by atoms with Crippen LogP contribution in [0.2, 0.25) is 5.15 Å². The predicted molar refractivity (Wildman–Crippen MR) is 60.7 cm³/mol. The summed E-state index contributed by atoms with van der Waals surface area (Å²) < 4.78 is 38.4. The molecule has 0 aliphatic rings. The SMILES string of the molecule is CCc1cc(Cl)n(-c2ccc(C(F)(F)F)cn2)n1. The molecule has 2 aromatic rings. The molecular formula is C11H9ClF3N3. The highest BCUT2D eigenvalue weighted by Crippen LogP contribution is 2.29. The molecule has 96 valence electrons. The van der Waals surface area contributed by atoms with Crippen LogP contribution in [0.3, 0.4) is 0 Å². The highest BCUT2D eigenvalue weighted by molar-refractivity contribution is 6.29. The molecule has 0 amide bonds. The normalized spacial score (nSPS) is 11.8. The van der Waals surface area contributed by atoms with Crippen molar-refractivity contribution < 1.29 is 13.2 Å². The number of nitrogens with zero attached hydrogens (tertiary/aromatic N) is 3. The molecule has 18 heavy (non-hydrogen) atoms. The van der Waals surface area contributed by atoms with Gasteiger partial charge in [0.1, 0.15) is 5.15 Å². The average molecular weight is 276 g/mol. The largest absolute Gasteiger partial charge is 0.417 e. The van der Waals surface area contributed by atoms with Crippen LogP contribution in [0.4, 0.5) is 13.2 Å². The predicted octanol–water partition coefficient (Wildman–Crippen LogP) is 3.50. The Labute approximate surface area is 106 Å². The molecule has 0 unspecified atom stereocenters. The maximum atomic E-state index is 12.4. The maximum absolute atomic E-state index is 12.4. The van der Waals surface area contributed by atoms with Gasteiger partial charge in [-0.3, -0.25) is 0 Å². The van der Waals surface area contributed by atoms with Crippen molar-refractivity contribution in [2.24, 2.45) is 0 Å². The van der Waals surface area contributed by atoms with Gasteiger partial charge in [0.05, 0.1) is 11.3 Å². The Kier molecular flexibility index (Phi) is 3.30. The van der Waals surface area contributed by atoms with Gasteiger partial charge in [-0.05, 0) is 24.6 Å². The third-order valence-corrected chi connectivity index (χ3v) is 2.64. The van der Waals surface area contributed by atoms with E-state index < -0.39 is 11.7 Å². The molecule has 3 nitrogen and oxygen atoms in total. The molecule has 0 atom stereocenters. The number of aromatic nitrogens is 3. The molecule has 0 aliphatic heterocycles. The number of halogens is 4. The molecule has 2 rings (SSSR count). The van der Waals surface area contributed by atoms with E-state index in [1.165, 1.54) is 10.7 Å². The molecule has 0 N–H and O–H groups in total. The van der Waals surface area contributed by atoms with E-state index in [2.05, 4.69) is 10.1 Å². The van der Waals surface area contributed by atoms with Gasteiger partial charge in [-0.1, -0.05) is 18.5 Å². The summed E-state index contributed by atoms with van der Waals surface area (Å²) in [7, 11) is 0. The summed E-state index contributed by atoms with van der Waals surface area (Å²) in [6, 6.07) is 3.84. The third kappa shape index (κ3) is 2.48. The zero-order valence-corrected chi connectivity index (χ0v) is 10.1. The van der Waals surface area contributed by atoms with Crippen LogP contribution in [-0.4, -0.2) is 14.8 Å². The second kappa shape index (κ2) is 4.61. The summed E-state index contributed by atoms with van der Waals surface area (Å²) in [6.45, 7) is 1.91. The van der Waals surface area contributed by atoms with Gasteiger partial charge in [-0.2, -0.15) is 18.3 Å². The van der Waals surface area contributed by atoms with Crippen molar-refractivity contribution in [3.8, 4) is 5.82 Å². The second-order valence-corrected chi connectivity index (χ2v) is 4.01. The van der Waals surface area contributed by atoms with Crippen LogP contribution >= 0.6 is 11.6 Å². The molecule has 0 spiro atoms. The molecule has 0 saturated carbocycles. The molecule has 2 aromatic heterocycles. The van der Waals surface area contributed by atoms with E-state index in [1.807, 2.05) is 6.92 Å². The molecule has 0 fully saturated rings. The molecule has 0 aliphatic carbocycles. The fourth-order valence-corrected chi connectivity index (χ4v) is 1.67. The van der Waals surface area contributed by atoms with Gasteiger partial charge in [0.15, 0.2) is 5.82 Å². The van der Waals surface area contributed by atoms with E-state index in [1.54, 1.807) is 6.07 Å². The zero-order chi connectivity index (χ0) is 13.3. The minimum atomic E-state index is -4.39.